The Bertz CT molecular complexity index is 1450. The number of hydrogen-bond donors (Lipinski definition) is 1. The predicted molar refractivity (Wildman–Crippen MR) is 158 cm³/mol. The van der Waals surface area contributed by atoms with E-state index in [1.807, 2.05) is 13.0 Å². The highest BCUT2D eigenvalue weighted by molar-refractivity contribution is 7.92. The minimum Gasteiger partial charge on any atom is -0.497 e. The molecule has 0 aromatic heterocycles. The lowest BCUT2D eigenvalue weighted by Crippen LogP contribution is -2.52. The summed E-state index contributed by atoms with van der Waals surface area (Å²) >= 11 is 12.3. The molecule has 0 bridgehead atoms. The summed E-state index contributed by atoms with van der Waals surface area (Å²) in [6.45, 7) is 5.30. The molecule has 0 aliphatic carbocycles. The first-order valence-electron chi connectivity index (χ1n) is 12.8. The average molecular weight is 607 g/mol. The number of sulfonamides is 1. The number of aryl methyl sites for hydroxylation is 1. The summed E-state index contributed by atoms with van der Waals surface area (Å²) in [5, 5.41) is 3.16. The third-order valence-electron chi connectivity index (χ3n) is 6.30. The van der Waals surface area contributed by atoms with Crippen molar-refractivity contribution in [2.24, 2.45) is 0 Å². The zero-order chi connectivity index (χ0) is 29.4. The summed E-state index contributed by atoms with van der Waals surface area (Å²) < 4.78 is 34.1. The largest absolute Gasteiger partial charge is 0.497 e. The first-order valence-corrected chi connectivity index (χ1v) is 15.0. The summed E-state index contributed by atoms with van der Waals surface area (Å²) in [6.07, 6.45) is 0.318. The van der Waals surface area contributed by atoms with Crippen LogP contribution in [0.25, 0.3) is 0 Å². The molecule has 0 heterocycles. The van der Waals surface area contributed by atoms with E-state index in [0.717, 1.165) is 15.4 Å². The summed E-state index contributed by atoms with van der Waals surface area (Å²) in [4.78, 5) is 28.5. The molecule has 8 nitrogen and oxygen atoms in total. The zero-order valence-corrected chi connectivity index (χ0v) is 25.2. The molecule has 2 amide bonds. The molecule has 214 valence electrons. The van der Waals surface area contributed by atoms with Gasteiger partial charge in [0.1, 0.15) is 18.3 Å². The number of hydrogen-bond acceptors (Lipinski definition) is 5. The normalized spacial score (nSPS) is 11.9. The number of carbonyl (C=O) groups excluding carboxylic acids is 2. The molecule has 0 aliphatic heterocycles. The highest BCUT2D eigenvalue weighted by Crippen LogP contribution is 2.31. The Morgan fingerprint density at radius 1 is 0.975 bits per heavy atom. The van der Waals surface area contributed by atoms with Gasteiger partial charge in [-0.2, -0.15) is 0 Å². The third kappa shape index (κ3) is 7.47. The molecule has 1 atom stereocenters. The highest BCUT2D eigenvalue weighted by atomic mass is 35.5. The molecule has 3 rings (SSSR count). The lowest BCUT2D eigenvalue weighted by Gasteiger charge is -2.33. The number of nitrogens with one attached hydrogen (secondary N) is 1. The van der Waals surface area contributed by atoms with Gasteiger partial charge in [0.15, 0.2) is 0 Å². The smallest absolute Gasteiger partial charge is 0.264 e. The van der Waals surface area contributed by atoms with Crippen molar-refractivity contribution >= 4 is 50.7 Å². The van der Waals surface area contributed by atoms with Crippen molar-refractivity contribution in [3.05, 3.63) is 87.9 Å². The van der Waals surface area contributed by atoms with E-state index in [-0.39, 0.29) is 33.1 Å². The van der Waals surface area contributed by atoms with Crippen LogP contribution in [0.2, 0.25) is 10.0 Å². The Morgan fingerprint density at radius 3 is 2.27 bits per heavy atom. The fourth-order valence-corrected chi connectivity index (χ4v) is 5.88. The van der Waals surface area contributed by atoms with E-state index in [1.165, 1.54) is 42.3 Å². The monoisotopic (exact) mass is 605 g/mol. The molecule has 3 aromatic carbocycles. The second kappa shape index (κ2) is 13.9. The standard InChI is InChI=1S/C29H33Cl2N3O5S/c1-5-27(29(36)32-6-2)33(18-21-8-7-9-23(16-21)39-4)28(35)19-34(22-12-15-25(30)26(31)17-22)40(37,38)24-13-10-20(3)11-14-24/h7-17,27H,5-6,18-19H2,1-4H3,(H,32,36)/t27-/m0/s1. The van der Waals surface area contributed by atoms with Crippen LogP contribution in [0.4, 0.5) is 5.69 Å². The van der Waals surface area contributed by atoms with E-state index in [1.54, 1.807) is 44.2 Å². The molecular formula is C29H33Cl2N3O5S. The van der Waals surface area contributed by atoms with Gasteiger partial charge in [-0.15, -0.1) is 0 Å². The molecule has 0 saturated heterocycles. The number of ether oxygens (including phenoxy) is 1. The highest BCUT2D eigenvalue weighted by Gasteiger charge is 2.33. The molecule has 0 radical (unpaired) electrons. The number of likely N-dealkylation sites (N-methyl/N-ethyl adjacent to an activating group) is 1. The third-order valence-corrected chi connectivity index (χ3v) is 8.83. The van der Waals surface area contributed by atoms with E-state index < -0.39 is 28.5 Å². The lowest BCUT2D eigenvalue weighted by atomic mass is 10.1. The van der Waals surface area contributed by atoms with Crippen LogP contribution in [-0.2, 0) is 26.2 Å². The van der Waals surface area contributed by atoms with E-state index in [4.69, 9.17) is 27.9 Å². The summed E-state index contributed by atoms with van der Waals surface area (Å²) in [5.74, 6) is -0.304. The minimum absolute atomic E-state index is 0.00656. The topological polar surface area (TPSA) is 96.0 Å². The Balaban J connectivity index is 2.09. The van der Waals surface area contributed by atoms with Gasteiger partial charge >= 0.3 is 0 Å². The maximum Gasteiger partial charge on any atom is 0.264 e. The van der Waals surface area contributed by atoms with Crippen LogP contribution in [0.3, 0.4) is 0 Å². The van der Waals surface area contributed by atoms with E-state index in [0.29, 0.717) is 18.7 Å². The SMILES string of the molecule is CCNC(=O)[C@H](CC)N(Cc1cccc(OC)c1)C(=O)CN(c1ccc(Cl)c(Cl)c1)S(=O)(=O)c1ccc(C)cc1. The molecule has 1 N–H and O–H groups in total. The predicted octanol–water partition coefficient (Wildman–Crippen LogP) is 5.45. The number of carbonyl (C=O) groups is 2. The van der Waals surface area contributed by atoms with E-state index in [2.05, 4.69) is 5.32 Å². The Morgan fingerprint density at radius 2 is 1.68 bits per heavy atom. The van der Waals surface area contributed by atoms with E-state index in [9.17, 15) is 18.0 Å². The van der Waals surface area contributed by atoms with Crippen LogP contribution in [-0.4, -0.2) is 51.4 Å². The van der Waals surface area contributed by atoms with Gasteiger partial charge in [0.25, 0.3) is 10.0 Å². The summed E-state index contributed by atoms with van der Waals surface area (Å²) in [5.41, 5.74) is 1.77. The number of anilines is 1. The van der Waals surface area contributed by atoms with Crippen LogP contribution in [0, 0.1) is 6.92 Å². The molecule has 0 unspecified atom stereocenters. The van der Waals surface area contributed by atoms with Crippen LogP contribution < -0.4 is 14.4 Å². The minimum atomic E-state index is -4.21. The fourth-order valence-electron chi connectivity index (χ4n) is 4.19. The Kier molecular flexibility index (Phi) is 10.8. The van der Waals surface area contributed by atoms with Gasteiger partial charge in [0, 0.05) is 13.1 Å². The van der Waals surface area contributed by atoms with E-state index >= 15 is 0 Å². The van der Waals surface area contributed by atoms with Crippen LogP contribution in [0.15, 0.2) is 71.6 Å². The molecule has 0 aliphatic rings. The van der Waals surface area contributed by atoms with Crippen molar-refractivity contribution in [2.45, 2.75) is 44.7 Å². The fraction of sp³-hybridized carbons (Fsp3) is 0.310. The van der Waals surface area contributed by atoms with Crippen LogP contribution >= 0.6 is 23.2 Å². The first kappa shape index (κ1) is 31.3. The molecule has 3 aromatic rings. The Hall–Kier alpha value is -3.27. The quantitative estimate of drug-likeness (QED) is 0.296. The average Bonchev–Trinajstić information content (AvgIpc) is 2.93. The van der Waals surface area contributed by atoms with Crippen LogP contribution in [0.1, 0.15) is 31.4 Å². The maximum atomic E-state index is 14.0. The van der Waals surface area contributed by atoms with Gasteiger partial charge in [0.2, 0.25) is 11.8 Å². The van der Waals surface area contributed by atoms with Gasteiger partial charge in [-0.3, -0.25) is 13.9 Å². The first-order chi connectivity index (χ1) is 19.0. The van der Waals surface area contributed by atoms with Gasteiger partial charge in [-0.25, -0.2) is 8.42 Å². The summed E-state index contributed by atoms with van der Waals surface area (Å²) in [7, 11) is -2.67. The van der Waals surface area contributed by atoms with Gasteiger partial charge in [-0.1, -0.05) is 60.0 Å². The molecule has 0 fully saturated rings. The van der Waals surface area contributed by atoms with Crippen molar-refractivity contribution < 1.29 is 22.7 Å². The van der Waals surface area contributed by atoms with Gasteiger partial charge < -0.3 is 15.0 Å². The number of amides is 2. The molecule has 0 spiro atoms. The second-order valence-corrected chi connectivity index (χ2v) is 11.8. The van der Waals surface area contributed by atoms with Crippen LogP contribution in [0.5, 0.6) is 5.75 Å². The maximum absolute atomic E-state index is 14.0. The number of halogens is 2. The van der Waals surface area contributed by atoms with Crippen molar-refractivity contribution in [2.75, 3.05) is 24.5 Å². The van der Waals surface area contributed by atoms with Crippen molar-refractivity contribution in [1.82, 2.24) is 10.2 Å². The number of rotatable bonds is 12. The second-order valence-electron chi connectivity index (χ2n) is 9.11. The number of nitrogens with zero attached hydrogens (tertiary/aromatic N) is 2. The van der Waals surface area contributed by atoms with Gasteiger partial charge in [0.05, 0.1) is 27.7 Å². The molecular weight excluding hydrogens is 573 g/mol. The van der Waals surface area contributed by atoms with Crippen molar-refractivity contribution in [1.29, 1.82) is 0 Å². The molecule has 11 heteroatoms. The Labute approximate surface area is 245 Å². The van der Waals surface area contributed by atoms with Gasteiger partial charge in [-0.05, 0) is 68.3 Å². The zero-order valence-electron chi connectivity index (χ0n) is 22.9. The van der Waals surface area contributed by atoms with Crippen molar-refractivity contribution in [3.8, 4) is 5.75 Å². The molecule has 40 heavy (non-hydrogen) atoms. The molecule has 0 saturated carbocycles. The van der Waals surface area contributed by atoms with Crippen molar-refractivity contribution in [3.63, 3.8) is 0 Å². The number of methoxy groups -OCH3 is 1. The number of benzene rings is 3. The summed E-state index contributed by atoms with van der Waals surface area (Å²) in [6, 6.07) is 17.0. The lowest BCUT2D eigenvalue weighted by molar-refractivity contribution is -0.140.